The SMILES string of the molecule is COC(=O)[C@H](C[C@@H]1CCNC1=O)NC(=O)[C@H](CC1CCCC1)NC(=O)OC(c1ccccc1)C(F)(F)c1cccc(Cl)c1. The lowest BCUT2D eigenvalue weighted by Crippen LogP contribution is -2.53. The minimum Gasteiger partial charge on any atom is -0.467 e. The lowest BCUT2D eigenvalue weighted by molar-refractivity contribution is -0.146. The third-order valence-electron chi connectivity index (χ3n) is 8.00. The van der Waals surface area contributed by atoms with Gasteiger partial charge in [0, 0.05) is 23.0 Å². The molecular formula is C31H36ClF2N3O6. The van der Waals surface area contributed by atoms with Crippen LogP contribution in [0, 0.1) is 11.8 Å². The Morgan fingerprint density at radius 3 is 2.35 bits per heavy atom. The number of benzene rings is 2. The molecule has 1 aliphatic heterocycles. The first kappa shape index (κ1) is 32.2. The normalized spacial score (nSPS) is 19.2. The number of amides is 3. The van der Waals surface area contributed by atoms with Gasteiger partial charge in [0.15, 0.2) is 6.10 Å². The monoisotopic (exact) mass is 619 g/mol. The molecule has 0 bridgehead atoms. The largest absolute Gasteiger partial charge is 0.467 e. The highest BCUT2D eigenvalue weighted by Crippen LogP contribution is 2.43. The molecule has 1 aliphatic carbocycles. The second-order valence-electron chi connectivity index (χ2n) is 11.0. The van der Waals surface area contributed by atoms with E-state index in [-0.39, 0.29) is 35.3 Å². The van der Waals surface area contributed by atoms with Crippen LogP contribution in [0.25, 0.3) is 0 Å². The molecule has 3 amide bonds. The van der Waals surface area contributed by atoms with E-state index >= 15 is 8.78 Å². The summed E-state index contributed by atoms with van der Waals surface area (Å²) in [7, 11) is 1.17. The van der Waals surface area contributed by atoms with Crippen LogP contribution in [0.1, 0.15) is 62.2 Å². The molecule has 2 aromatic carbocycles. The van der Waals surface area contributed by atoms with E-state index in [2.05, 4.69) is 16.0 Å². The Kier molecular flexibility index (Phi) is 11.0. The van der Waals surface area contributed by atoms with Crippen molar-refractivity contribution in [2.45, 2.75) is 69.1 Å². The number of carbonyl (C=O) groups excluding carboxylic acids is 4. The van der Waals surface area contributed by atoms with Crippen LogP contribution >= 0.6 is 11.6 Å². The van der Waals surface area contributed by atoms with Crippen LogP contribution in [0.4, 0.5) is 13.6 Å². The van der Waals surface area contributed by atoms with Crippen molar-refractivity contribution in [2.24, 2.45) is 11.8 Å². The average molecular weight is 620 g/mol. The molecule has 2 fully saturated rings. The molecule has 12 heteroatoms. The van der Waals surface area contributed by atoms with E-state index in [4.69, 9.17) is 21.1 Å². The van der Waals surface area contributed by atoms with Gasteiger partial charge in [-0.2, -0.15) is 8.78 Å². The van der Waals surface area contributed by atoms with E-state index in [0.29, 0.717) is 13.0 Å². The lowest BCUT2D eigenvalue weighted by Gasteiger charge is -2.29. The molecule has 1 saturated heterocycles. The van der Waals surface area contributed by atoms with Crippen LogP contribution in [0.3, 0.4) is 0 Å². The van der Waals surface area contributed by atoms with Gasteiger partial charge in [0.25, 0.3) is 0 Å². The predicted octanol–water partition coefficient (Wildman–Crippen LogP) is 5.03. The Labute approximate surface area is 254 Å². The van der Waals surface area contributed by atoms with Gasteiger partial charge in [0.2, 0.25) is 11.8 Å². The second-order valence-corrected chi connectivity index (χ2v) is 11.4. The summed E-state index contributed by atoms with van der Waals surface area (Å²) in [6.45, 7) is 0.464. The molecule has 3 N–H and O–H groups in total. The number of alkyl carbamates (subject to hydrolysis) is 1. The number of esters is 1. The highest BCUT2D eigenvalue weighted by molar-refractivity contribution is 6.30. The smallest absolute Gasteiger partial charge is 0.408 e. The number of alkyl halides is 2. The second kappa shape index (κ2) is 14.6. The molecule has 232 valence electrons. The van der Waals surface area contributed by atoms with Crippen molar-refractivity contribution < 1.29 is 37.4 Å². The van der Waals surface area contributed by atoms with Gasteiger partial charge in [0.05, 0.1) is 7.11 Å². The fourth-order valence-electron chi connectivity index (χ4n) is 5.70. The number of carbonyl (C=O) groups is 4. The van der Waals surface area contributed by atoms with E-state index in [1.54, 1.807) is 18.2 Å². The summed E-state index contributed by atoms with van der Waals surface area (Å²) >= 11 is 5.97. The van der Waals surface area contributed by atoms with Gasteiger partial charge in [-0.1, -0.05) is 79.7 Å². The number of hydrogen-bond donors (Lipinski definition) is 3. The number of methoxy groups -OCH3 is 1. The first-order valence-corrected chi connectivity index (χ1v) is 14.8. The van der Waals surface area contributed by atoms with Gasteiger partial charge < -0.3 is 25.4 Å². The lowest BCUT2D eigenvalue weighted by atomic mass is 9.96. The van der Waals surface area contributed by atoms with Gasteiger partial charge >= 0.3 is 18.0 Å². The minimum absolute atomic E-state index is 0.0206. The zero-order valence-electron chi connectivity index (χ0n) is 23.8. The maximum Gasteiger partial charge on any atom is 0.408 e. The molecule has 2 aromatic rings. The Balaban J connectivity index is 1.54. The molecule has 2 aliphatic rings. The molecule has 4 rings (SSSR count). The fraction of sp³-hybridized carbons (Fsp3) is 0.484. The van der Waals surface area contributed by atoms with Crippen LogP contribution in [0.15, 0.2) is 54.6 Å². The van der Waals surface area contributed by atoms with Gasteiger partial charge in [-0.3, -0.25) is 9.59 Å². The minimum atomic E-state index is -3.68. The molecule has 1 heterocycles. The summed E-state index contributed by atoms with van der Waals surface area (Å²) in [4.78, 5) is 51.4. The van der Waals surface area contributed by atoms with Crippen LogP contribution in [0.2, 0.25) is 5.02 Å². The van der Waals surface area contributed by atoms with Crippen LogP contribution < -0.4 is 16.0 Å². The molecule has 0 spiro atoms. The van der Waals surface area contributed by atoms with Crippen molar-refractivity contribution in [3.63, 3.8) is 0 Å². The Morgan fingerprint density at radius 1 is 1.00 bits per heavy atom. The standard InChI is InChI=1S/C31H36ClF2N3O6/c1-42-29(40)25(17-21-14-15-35-27(21)38)36-28(39)24(16-19-8-5-6-9-19)37-30(41)43-26(20-10-3-2-4-11-20)31(33,34)22-12-7-13-23(32)18-22/h2-4,7,10-13,18-19,21,24-26H,5-6,8-9,14-17H2,1H3,(H,35,38)(H,36,39)(H,37,41)/t21-,24-,25-,26?/m0/s1. The van der Waals surface area contributed by atoms with E-state index < -0.39 is 53.6 Å². The van der Waals surface area contributed by atoms with E-state index in [0.717, 1.165) is 31.7 Å². The number of hydrogen-bond acceptors (Lipinski definition) is 6. The van der Waals surface area contributed by atoms with Crippen LogP contribution in [-0.4, -0.2) is 49.6 Å². The summed E-state index contributed by atoms with van der Waals surface area (Å²) in [5.41, 5.74) is -0.404. The molecule has 4 atom stereocenters. The van der Waals surface area contributed by atoms with Crippen molar-refractivity contribution in [1.29, 1.82) is 0 Å². The number of nitrogens with one attached hydrogen (secondary N) is 3. The first-order chi connectivity index (χ1) is 20.6. The maximum absolute atomic E-state index is 15.9. The van der Waals surface area contributed by atoms with Crippen molar-refractivity contribution in [2.75, 3.05) is 13.7 Å². The highest BCUT2D eigenvalue weighted by atomic mass is 35.5. The van der Waals surface area contributed by atoms with E-state index in [1.165, 1.54) is 37.4 Å². The van der Waals surface area contributed by atoms with Gasteiger partial charge in [-0.25, -0.2) is 9.59 Å². The number of halogens is 3. The van der Waals surface area contributed by atoms with E-state index in [9.17, 15) is 19.2 Å². The Bertz CT molecular complexity index is 1290. The zero-order chi connectivity index (χ0) is 31.0. The highest BCUT2D eigenvalue weighted by Gasteiger charge is 2.46. The summed E-state index contributed by atoms with van der Waals surface area (Å²) in [6, 6.07) is 10.4. The van der Waals surface area contributed by atoms with Crippen LogP contribution in [-0.2, 0) is 29.8 Å². The summed E-state index contributed by atoms with van der Waals surface area (Å²) in [6.07, 6.45) is 1.09. The maximum atomic E-state index is 15.9. The summed E-state index contributed by atoms with van der Waals surface area (Å²) in [5, 5.41) is 7.88. The summed E-state index contributed by atoms with van der Waals surface area (Å²) < 4.78 is 42.0. The van der Waals surface area contributed by atoms with Gasteiger partial charge in [-0.05, 0) is 42.9 Å². The number of ether oxygens (including phenoxy) is 2. The quantitative estimate of drug-likeness (QED) is 0.286. The molecule has 1 saturated carbocycles. The molecular weight excluding hydrogens is 584 g/mol. The van der Waals surface area contributed by atoms with Gasteiger partial charge in [0.1, 0.15) is 12.1 Å². The Hall–Kier alpha value is -3.73. The van der Waals surface area contributed by atoms with E-state index in [1.807, 2.05) is 0 Å². The zero-order valence-corrected chi connectivity index (χ0v) is 24.6. The Morgan fingerprint density at radius 2 is 1.72 bits per heavy atom. The van der Waals surface area contributed by atoms with Crippen molar-refractivity contribution in [1.82, 2.24) is 16.0 Å². The fourth-order valence-corrected chi connectivity index (χ4v) is 5.89. The third kappa shape index (κ3) is 8.43. The first-order valence-electron chi connectivity index (χ1n) is 14.4. The molecule has 43 heavy (non-hydrogen) atoms. The van der Waals surface area contributed by atoms with Crippen LogP contribution in [0.5, 0.6) is 0 Å². The predicted molar refractivity (Wildman–Crippen MR) is 154 cm³/mol. The van der Waals surface area contributed by atoms with Crippen molar-refractivity contribution >= 4 is 35.5 Å². The topological polar surface area (TPSA) is 123 Å². The van der Waals surface area contributed by atoms with Gasteiger partial charge in [-0.15, -0.1) is 0 Å². The number of rotatable bonds is 12. The summed E-state index contributed by atoms with van der Waals surface area (Å²) in [5.74, 6) is -5.72. The molecule has 1 unspecified atom stereocenters. The molecule has 0 radical (unpaired) electrons. The third-order valence-corrected chi connectivity index (χ3v) is 8.24. The van der Waals surface area contributed by atoms with Crippen molar-refractivity contribution in [3.8, 4) is 0 Å². The van der Waals surface area contributed by atoms with Crippen molar-refractivity contribution in [3.05, 3.63) is 70.7 Å². The average Bonchev–Trinajstić information content (AvgIpc) is 3.66. The molecule has 0 aromatic heterocycles. The molecule has 9 nitrogen and oxygen atoms in total.